The van der Waals surface area contributed by atoms with Crippen molar-refractivity contribution in [3.05, 3.63) is 175 Å². The Morgan fingerprint density at radius 2 is 0.771 bits per heavy atom. The summed E-state index contributed by atoms with van der Waals surface area (Å²) in [4.78, 5) is 14.3. The van der Waals surface area contributed by atoms with E-state index < -0.39 is 17.2 Å². The summed E-state index contributed by atoms with van der Waals surface area (Å²) in [5, 5.41) is 0. The predicted octanol–water partition coefficient (Wildman–Crippen LogP) is 10.5. The van der Waals surface area contributed by atoms with Gasteiger partial charge in [-0.1, -0.05) is 84.9 Å². The van der Waals surface area contributed by atoms with Crippen LogP contribution in [0.1, 0.15) is 15.9 Å². The maximum atomic E-state index is 14.3. The highest BCUT2D eigenvalue weighted by Crippen LogP contribution is 2.46. The fourth-order valence-corrected chi connectivity index (χ4v) is 6.34. The highest BCUT2D eigenvalue weighted by Gasteiger charge is 2.28. The lowest BCUT2D eigenvalue weighted by atomic mass is 10.0. The largest absolute Gasteiger partial charge is 0.530 e. The van der Waals surface area contributed by atoms with Crippen LogP contribution in [0.4, 0.5) is 0 Å². The van der Waals surface area contributed by atoms with Crippen molar-refractivity contribution in [3.63, 3.8) is 0 Å². The topological polar surface area (TPSA) is 81.7 Å². The Hall–Kier alpha value is -5.55. The number of carbonyl (C=O) groups excluding carboxylic acids is 1. The van der Waals surface area contributed by atoms with Crippen LogP contribution in [0.5, 0.6) is 40.2 Å². The number of rotatable bonds is 15. The van der Waals surface area contributed by atoms with Crippen LogP contribution in [0.25, 0.3) is 0 Å². The molecule has 0 heterocycles. The molecule has 0 aliphatic rings. The summed E-state index contributed by atoms with van der Waals surface area (Å²) in [6.45, 7) is 0. The van der Waals surface area contributed by atoms with Crippen LogP contribution in [0.15, 0.2) is 164 Å². The van der Waals surface area contributed by atoms with Crippen molar-refractivity contribution in [2.45, 2.75) is 0 Å². The van der Waals surface area contributed by atoms with Crippen molar-refractivity contribution in [2.24, 2.45) is 0 Å². The van der Waals surface area contributed by atoms with E-state index in [1.807, 2.05) is 72.8 Å². The maximum absolute atomic E-state index is 14.3. The molecule has 0 radical (unpaired) electrons. The molecule has 0 saturated heterocycles. The lowest BCUT2D eigenvalue weighted by Crippen LogP contribution is -2.10. The predicted molar refractivity (Wildman–Crippen MR) is 186 cm³/mol. The van der Waals surface area contributed by atoms with Crippen LogP contribution in [0, 0.1) is 0 Å². The molecule has 10 heteroatoms. The minimum Gasteiger partial charge on any atom is -0.497 e. The molecule has 0 aliphatic heterocycles. The van der Waals surface area contributed by atoms with Crippen molar-refractivity contribution in [1.82, 2.24) is 0 Å². The van der Waals surface area contributed by atoms with E-state index in [2.05, 4.69) is 0 Å². The van der Waals surface area contributed by atoms with E-state index in [9.17, 15) is 4.79 Å². The van der Waals surface area contributed by atoms with Gasteiger partial charge in [0.05, 0.1) is 18.2 Å². The van der Waals surface area contributed by atoms with Crippen LogP contribution in [-0.4, -0.2) is 12.9 Å². The smallest absolute Gasteiger partial charge is 0.497 e. The van der Waals surface area contributed by atoms with Crippen LogP contribution in [0.2, 0.25) is 0 Å². The number of carbonyl (C=O) groups is 1. The Morgan fingerprint density at radius 3 is 1.21 bits per heavy atom. The monoisotopic (exact) mass is 676 g/mol. The van der Waals surface area contributed by atoms with E-state index >= 15 is 0 Å². The zero-order chi connectivity index (χ0) is 33.0. The molecule has 48 heavy (non-hydrogen) atoms. The summed E-state index contributed by atoms with van der Waals surface area (Å²) >= 11 is 0. The first-order valence-electron chi connectivity index (χ1n) is 14.8. The van der Waals surface area contributed by atoms with Gasteiger partial charge in [0.15, 0.2) is 0 Å². The zero-order valence-corrected chi connectivity index (χ0v) is 27.5. The molecule has 0 amide bonds. The minimum absolute atomic E-state index is 0.204. The van der Waals surface area contributed by atoms with Gasteiger partial charge in [-0.15, -0.1) is 0 Å². The van der Waals surface area contributed by atoms with Crippen LogP contribution < -0.4 is 31.9 Å². The van der Waals surface area contributed by atoms with Gasteiger partial charge in [-0.25, -0.2) is 0 Å². The van der Waals surface area contributed by atoms with Crippen LogP contribution in [-0.2, 0) is 0 Å². The molecule has 8 nitrogen and oxygen atoms in total. The molecule has 0 aliphatic carbocycles. The van der Waals surface area contributed by atoms with E-state index in [1.165, 1.54) is 7.11 Å². The molecule has 0 N–H and O–H groups in total. The van der Waals surface area contributed by atoms with Gasteiger partial charge in [-0.2, -0.15) is 0 Å². The Balaban J connectivity index is 1.31. The molecule has 6 aromatic carbocycles. The molecule has 0 bridgehead atoms. The Morgan fingerprint density at radius 1 is 0.396 bits per heavy atom. The summed E-state index contributed by atoms with van der Waals surface area (Å²) in [6, 6.07) is 48.6. The highest BCUT2D eigenvalue weighted by atomic mass is 31.2. The second-order valence-corrected chi connectivity index (χ2v) is 11.9. The number of ketones is 1. The fourth-order valence-electron chi connectivity index (χ4n) is 4.31. The van der Waals surface area contributed by atoms with E-state index in [0.29, 0.717) is 28.7 Å². The molecule has 6 aromatic rings. The summed E-state index contributed by atoms with van der Waals surface area (Å²) < 4.78 is 42.7. The Kier molecular flexibility index (Phi) is 11.0. The number of benzene rings is 6. The highest BCUT2D eigenvalue weighted by molar-refractivity contribution is 7.43. The quantitative estimate of drug-likeness (QED) is 0.0785. The molecule has 6 rings (SSSR count). The summed E-state index contributed by atoms with van der Waals surface area (Å²) in [5.74, 6) is 2.78. The van der Waals surface area contributed by atoms with Crippen LogP contribution >= 0.6 is 17.2 Å². The number of para-hydroxylation sites is 5. The van der Waals surface area contributed by atoms with E-state index in [4.69, 9.17) is 31.9 Å². The van der Waals surface area contributed by atoms with Gasteiger partial charge in [0.1, 0.15) is 40.2 Å². The fraction of sp³-hybridized carbons (Fsp3) is 0.0263. The molecular weight excluding hydrogens is 646 g/mol. The molecule has 0 saturated carbocycles. The summed E-state index contributed by atoms with van der Waals surface area (Å²) in [7, 11) is -2.56. The number of hydrogen-bond acceptors (Lipinski definition) is 8. The molecule has 0 fully saturated rings. The molecule has 0 spiro atoms. The Bertz CT molecular complexity index is 1810. The first-order chi connectivity index (χ1) is 23.6. The zero-order valence-electron chi connectivity index (χ0n) is 25.7. The van der Waals surface area contributed by atoms with Crippen molar-refractivity contribution in [2.75, 3.05) is 7.11 Å². The minimum atomic E-state index is -2.07. The average molecular weight is 677 g/mol. The van der Waals surface area contributed by atoms with Crippen molar-refractivity contribution >= 4 is 23.0 Å². The van der Waals surface area contributed by atoms with Gasteiger partial charge in [-0.05, 0) is 72.8 Å². The van der Waals surface area contributed by atoms with Crippen molar-refractivity contribution in [1.29, 1.82) is 0 Å². The molecule has 0 unspecified atom stereocenters. The van der Waals surface area contributed by atoms with Gasteiger partial charge >= 0.3 is 17.2 Å². The average Bonchev–Trinajstić information content (AvgIpc) is 3.13. The van der Waals surface area contributed by atoms with E-state index in [0.717, 1.165) is 0 Å². The van der Waals surface area contributed by atoms with Gasteiger partial charge in [0.25, 0.3) is 0 Å². The normalized spacial score (nSPS) is 10.6. The third kappa shape index (κ3) is 8.83. The second-order valence-electron chi connectivity index (χ2n) is 9.93. The maximum Gasteiger partial charge on any atom is 0.530 e. The lowest BCUT2D eigenvalue weighted by molar-refractivity contribution is 0.103. The lowest BCUT2D eigenvalue weighted by Gasteiger charge is -2.21. The first kappa shape index (κ1) is 32.4. The van der Waals surface area contributed by atoms with Gasteiger partial charge < -0.3 is 31.9 Å². The molecule has 0 atom stereocenters. The Labute approximate surface area is 281 Å². The van der Waals surface area contributed by atoms with Crippen LogP contribution in [0.3, 0.4) is 0 Å². The third-order valence-corrected chi connectivity index (χ3v) is 8.73. The van der Waals surface area contributed by atoms with Gasteiger partial charge in [0, 0.05) is 6.07 Å². The summed E-state index contributed by atoms with van der Waals surface area (Å²) in [5.41, 5.74) is 0.510. The number of methoxy groups -OCH3 is 1. The molecular formula is C38H30O8P2. The first-order valence-corrected chi connectivity index (χ1v) is 17.0. The SMILES string of the molecule is COc1ccc(C(=O)c2ccccc2OP(Oc2ccccc2)Oc2ccccc2)c(OP(Oc2ccccc2)Oc2ccccc2)c1. The van der Waals surface area contributed by atoms with Gasteiger partial charge in [0.2, 0.25) is 5.78 Å². The number of hydrogen-bond donors (Lipinski definition) is 0. The van der Waals surface area contributed by atoms with Crippen molar-refractivity contribution < 1.29 is 36.7 Å². The molecule has 0 aromatic heterocycles. The van der Waals surface area contributed by atoms with Crippen molar-refractivity contribution in [3.8, 4) is 40.2 Å². The third-order valence-electron chi connectivity index (χ3n) is 6.60. The second kappa shape index (κ2) is 16.3. The molecule has 240 valence electrons. The summed E-state index contributed by atoms with van der Waals surface area (Å²) in [6.07, 6.45) is 0. The van der Waals surface area contributed by atoms with E-state index in [1.54, 1.807) is 91.0 Å². The number of ether oxygens (including phenoxy) is 1. The van der Waals surface area contributed by atoms with Gasteiger partial charge in [-0.3, -0.25) is 4.79 Å². The van der Waals surface area contributed by atoms with E-state index in [-0.39, 0.29) is 28.4 Å². The standard InChI is InChI=1S/C38H30O8P2/c1-40-33-26-27-35(37(28-33)46-48(43-31-20-10-4-11-21-31)44-32-22-12-5-13-23-32)38(39)34-24-14-15-25-36(34)45-47(41-29-16-6-2-7-17-29)42-30-18-8-3-9-19-30/h2-28H,1H3.